The summed E-state index contributed by atoms with van der Waals surface area (Å²) in [5.41, 5.74) is 0. The van der Waals surface area contributed by atoms with Crippen molar-refractivity contribution in [2.24, 2.45) is 0 Å². The van der Waals surface area contributed by atoms with Crippen LogP contribution in [0.5, 0.6) is 0 Å². The van der Waals surface area contributed by atoms with E-state index in [1.54, 1.807) is 17.1 Å². The van der Waals surface area contributed by atoms with Crippen molar-refractivity contribution in [2.45, 2.75) is 25.3 Å². The van der Waals surface area contributed by atoms with Crippen molar-refractivity contribution in [2.75, 3.05) is 19.6 Å². The highest BCUT2D eigenvalue weighted by molar-refractivity contribution is 5.82. The summed E-state index contributed by atoms with van der Waals surface area (Å²) in [6, 6.07) is -0.00125. The first-order valence-electron chi connectivity index (χ1n) is 5.53. The molecular weight excluding hydrogens is 188 g/mol. The van der Waals surface area contributed by atoms with Crippen LogP contribution in [0.3, 0.4) is 0 Å². The SMILES string of the molecule is C=CCN(CC=C)C(=O)[C@@H]1CCCCN1. The molecule has 0 bridgehead atoms. The number of rotatable bonds is 5. The number of carbonyl (C=O) groups excluding carboxylic acids is 1. The van der Waals surface area contributed by atoms with Crippen LogP contribution in [0.25, 0.3) is 0 Å². The summed E-state index contributed by atoms with van der Waals surface area (Å²) in [5, 5.41) is 3.26. The Morgan fingerprint density at radius 3 is 2.47 bits per heavy atom. The maximum absolute atomic E-state index is 12.0. The Morgan fingerprint density at radius 1 is 1.33 bits per heavy atom. The minimum Gasteiger partial charge on any atom is -0.334 e. The van der Waals surface area contributed by atoms with E-state index in [1.807, 2.05) is 0 Å². The Hall–Kier alpha value is -1.09. The van der Waals surface area contributed by atoms with Crippen LogP contribution >= 0.6 is 0 Å². The molecule has 0 aromatic heterocycles. The minimum atomic E-state index is -0.00125. The fourth-order valence-electron chi connectivity index (χ4n) is 1.85. The van der Waals surface area contributed by atoms with Crippen molar-refractivity contribution in [1.82, 2.24) is 10.2 Å². The first kappa shape index (κ1) is 12.0. The topological polar surface area (TPSA) is 32.3 Å². The third-order valence-corrected chi connectivity index (χ3v) is 2.62. The van der Waals surface area contributed by atoms with Crippen molar-refractivity contribution in [3.8, 4) is 0 Å². The summed E-state index contributed by atoms with van der Waals surface area (Å²) in [7, 11) is 0. The van der Waals surface area contributed by atoms with Crippen molar-refractivity contribution in [3.63, 3.8) is 0 Å². The van der Waals surface area contributed by atoms with Gasteiger partial charge < -0.3 is 10.2 Å². The van der Waals surface area contributed by atoms with Crippen molar-refractivity contribution in [3.05, 3.63) is 25.3 Å². The second kappa shape index (κ2) is 6.40. The zero-order chi connectivity index (χ0) is 11.1. The van der Waals surface area contributed by atoms with E-state index in [1.165, 1.54) is 6.42 Å². The van der Waals surface area contributed by atoms with Gasteiger partial charge in [-0.25, -0.2) is 0 Å². The molecule has 15 heavy (non-hydrogen) atoms. The van der Waals surface area contributed by atoms with Crippen molar-refractivity contribution in [1.29, 1.82) is 0 Å². The van der Waals surface area contributed by atoms with Crippen LogP contribution in [0.1, 0.15) is 19.3 Å². The fraction of sp³-hybridized carbons (Fsp3) is 0.583. The molecule has 0 spiro atoms. The van der Waals surface area contributed by atoms with Gasteiger partial charge in [0.05, 0.1) is 6.04 Å². The second-order valence-corrected chi connectivity index (χ2v) is 3.82. The number of hydrogen-bond acceptors (Lipinski definition) is 2. The molecule has 0 radical (unpaired) electrons. The lowest BCUT2D eigenvalue weighted by atomic mass is 10.0. The van der Waals surface area contributed by atoms with Crippen LogP contribution < -0.4 is 5.32 Å². The van der Waals surface area contributed by atoms with Gasteiger partial charge in [0.15, 0.2) is 0 Å². The number of piperidine rings is 1. The predicted octanol–water partition coefficient (Wildman–Crippen LogP) is 1.33. The molecule has 0 aromatic rings. The Kier molecular flexibility index (Phi) is 5.12. The number of amides is 1. The Balaban J connectivity index is 2.52. The second-order valence-electron chi connectivity index (χ2n) is 3.82. The monoisotopic (exact) mass is 208 g/mol. The lowest BCUT2D eigenvalue weighted by Crippen LogP contribution is -2.48. The van der Waals surface area contributed by atoms with Crippen LogP contribution in [0.4, 0.5) is 0 Å². The van der Waals surface area contributed by atoms with Gasteiger partial charge in [-0.05, 0) is 19.4 Å². The normalized spacial score (nSPS) is 20.7. The summed E-state index contributed by atoms with van der Waals surface area (Å²) >= 11 is 0. The van der Waals surface area contributed by atoms with Gasteiger partial charge in [-0.2, -0.15) is 0 Å². The molecule has 0 aliphatic carbocycles. The zero-order valence-corrected chi connectivity index (χ0v) is 9.24. The average Bonchev–Trinajstić information content (AvgIpc) is 2.29. The Bertz CT molecular complexity index is 222. The van der Waals surface area contributed by atoms with Gasteiger partial charge >= 0.3 is 0 Å². The highest BCUT2D eigenvalue weighted by atomic mass is 16.2. The van der Waals surface area contributed by atoms with E-state index in [2.05, 4.69) is 18.5 Å². The van der Waals surface area contributed by atoms with Gasteiger partial charge in [-0.3, -0.25) is 4.79 Å². The molecule has 1 amide bonds. The molecule has 1 fully saturated rings. The molecule has 1 heterocycles. The van der Waals surface area contributed by atoms with Gasteiger partial charge in [0.1, 0.15) is 0 Å². The summed E-state index contributed by atoms with van der Waals surface area (Å²) in [6.07, 6.45) is 6.77. The number of hydrogen-bond donors (Lipinski definition) is 1. The summed E-state index contributed by atoms with van der Waals surface area (Å²) in [4.78, 5) is 13.8. The average molecular weight is 208 g/mol. The standard InChI is InChI=1S/C12H20N2O/c1-3-9-14(10-4-2)12(15)11-7-5-6-8-13-11/h3-4,11,13H,1-2,5-10H2/t11-/m0/s1. The molecule has 1 atom stereocenters. The third kappa shape index (κ3) is 3.51. The molecule has 1 aliphatic heterocycles. The van der Waals surface area contributed by atoms with Crippen molar-refractivity contribution < 1.29 is 4.79 Å². The molecule has 1 saturated heterocycles. The molecule has 1 aliphatic rings. The largest absolute Gasteiger partial charge is 0.334 e. The summed E-state index contributed by atoms with van der Waals surface area (Å²) in [5.74, 6) is 0.175. The van der Waals surface area contributed by atoms with E-state index in [-0.39, 0.29) is 11.9 Å². The molecule has 1 N–H and O–H groups in total. The molecule has 1 rings (SSSR count). The maximum Gasteiger partial charge on any atom is 0.240 e. The molecule has 0 unspecified atom stereocenters. The van der Waals surface area contributed by atoms with E-state index >= 15 is 0 Å². The quantitative estimate of drug-likeness (QED) is 0.691. The zero-order valence-electron chi connectivity index (χ0n) is 9.24. The molecule has 3 heteroatoms. The minimum absolute atomic E-state index is 0.00125. The highest BCUT2D eigenvalue weighted by Gasteiger charge is 2.24. The molecule has 3 nitrogen and oxygen atoms in total. The fourth-order valence-corrected chi connectivity index (χ4v) is 1.85. The molecule has 0 aromatic carbocycles. The van der Waals surface area contributed by atoms with Crippen molar-refractivity contribution >= 4 is 5.91 Å². The third-order valence-electron chi connectivity index (χ3n) is 2.62. The van der Waals surface area contributed by atoms with E-state index in [9.17, 15) is 4.79 Å². The van der Waals surface area contributed by atoms with Crippen LogP contribution in [0.2, 0.25) is 0 Å². The smallest absolute Gasteiger partial charge is 0.240 e. The van der Waals surface area contributed by atoms with Gasteiger partial charge in [-0.1, -0.05) is 18.6 Å². The highest BCUT2D eigenvalue weighted by Crippen LogP contribution is 2.09. The van der Waals surface area contributed by atoms with Crippen LogP contribution in [0, 0.1) is 0 Å². The number of nitrogens with zero attached hydrogens (tertiary/aromatic N) is 1. The number of carbonyl (C=O) groups is 1. The Morgan fingerprint density at radius 2 is 2.00 bits per heavy atom. The lowest BCUT2D eigenvalue weighted by molar-refractivity contribution is -0.133. The van der Waals surface area contributed by atoms with Gasteiger partial charge in [-0.15, -0.1) is 13.2 Å². The number of nitrogens with one attached hydrogen (secondary N) is 1. The molecule has 84 valence electrons. The Labute approximate surface area is 91.8 Å². The van der Waals surface area contributed by atoms with E-state index in [0.717, 1.165) is 19.4 Å². The van der Waals surface area contributed by atoms with Crippen LogP contribution in [-0.2, 0) is 4.79 Å². The van der Waals surface area contributed by atoms with Crippen LogP contribution in [-0.4, -0.2) is 36.5 Å². The maximum atomic E-state index is 12.0. The summed E-state index contributed by atoms with van der Waals surface area (Å²) < 4.78 is 0. The van der Waals surface area contributed by atoms with Crippen LogP contribution in [0.15, 0.2) is 25.3 Å². The van der Waals surface area contributed by atoms with E-state index in [0.29, 0.717) is 13.1 Å². The first-order chi connectivity index (χ1) is 7.29. The van der Waals surface area contributed by atoms with Gasteiger partial charge in [0.2, 0.25) is 5.91 Å². The van der Waals surface area contributed by atoms with Gasteiger partial charge in [0, 0.05) is 13.1 Å². The van der Waals surface area contributed by atoms with E-state index in [4.69, 9.17) is 0 Å². The van der Waals surface area contributed by atoms with Gasteiger partial charge in [0.25, 0.3) is 0 Å². The first-order valence-corrected chi connectivity index (χ1v) is 5.53. The molecular formula is C12H20N2O. The summed E-state index contributed by atoms with van der Waals surface area (Å²) in [6.45, 7) is 9.47. The molecule has 0 saturated carbocycles. The predicted molar refractivity (Wildman–Crippen MR) is 62.6 cm³/mol. The van der Waals surface area contributed by atoms with E-state index < -0.39 is 0 Å². The lowest BCUT2D eigenvalue weighted by Gasteiger charge is -2.28.